The van der Waals surface area contributed by atoms with Crippen LogP contribution in [0.2, 0.25) is 0 Å². The molecule has 0 aromatic heterocycles. The number of rotatable bonds is 11. The Morgan fingerprint density at radius 1 is 0.618 bits per heavy atom. The number of methoxy groups -OCH3 is 1. The molecule has 1 aliphatic heterocycles. The number of aliphatic hydroxyl groups is 1. The SMILES string of the molecule is COC1[C@@H](CO)O[C@@H](OCc2ccccc2)[C@H](OCc2ccccc2)[C@H]1OCc1ccccc1. The Morgan fingerprint density at radius 3 is 1.50 bits per heavy atom. The highest BCUT2D eigenvalue weighted by Crippen LogP contribution is 2.30. The van der Waals surface area contributed by atoms with Gasteiger partial charge in [0.1, 0.15) is 24.4 Å². The van der Waals surface area contributed by atoms with Gasteiger partial charge in [0.05, 0.1) is 26.4 Å². The van der Waals surface area contributed by atoms with Crippen LogP contribution in [0.3, 0.4) is 0 Å². The maximum atomic E-state index is 10.0. The van der Waals surface area contributed by atoms with E-state index in [4.69, 9.17) is 23.7 Å². The molecule has 0 radical (unpaired) electrons. The molecule has 34 heavy (non-hydrogen) atoms. The van der Waals surface area contributed by atoms with Crippen LogP contribution in [-0.2, 0) is 43.5 Å². The van der Waals surface area contributed by atoms with E-state index in [2.05, 4.69) is 0 Å². The lowest BCUT2D eigenvalue weighted by molar-refractivity contribution is -0.325. The lowest BCUT2D eigenvalue weighted by Gasteiger charge is -2.45. The van der Waals surface area contributed by atoms with E-state index in [-0.39, 0.29) is 6.61 Å². The Balaban J connectivity index is 1.55. The summed E-state index contributed by atoms with van der Waals surface area (Å²) in [5.74, 6) is 0. The van der Waals surface area contributed by atoms with E-state index in [0.29, 0.717) is 19.8 Å². The van der Waals surface area contributed by atoms with Crippen LogP contribution in [0, 0.1) is 0 Å². The average Bonchev–Trinajstić information content (AvgIpc) is 2.91. The predicted octanol–water partition coefficient (Wildman–Crippen LogP) is 4.11. The van der Waals surface area contributed by atoms with Gasteiger partial charge in [0.2, 0.25) is 0 Å². The second-order valence-electron chi connectivity index (χ2n) is 8.24. The van der Waals surface area contributed by atoms with Crippen LogP contribution in [0.15, 0.2) is 91.0 Å². The van der Waals surface area contributed by atoms with Gasteiger partial charge in [-0.15, -0.1) is 0 Å². The van der Waals surface area contributed by atoms with Crippen LogP contribution in [-0.4, -0.2) is 49.5 Å². The first-order valence-electron chi connectivity index (χ1n) is 11.5. The lowest BCUT2D eigenvalue weighted by atomic mass is 9.98. The quantitative estimate of drug-likeness (QED) is 0.461. The minimum atomic E-state index is -0.742. The van der Waals surface area contributed by atoms with E-state index in [1.54, 1.807) is 7.11 Å². The number of hydrogen-bond acceptors (Lipinski definition) is 6. The first-order chi connectivity index (χ1) is 16.8. The molecule has 1 aliphatic rings. The van der Waals surface area contributed by atoms with E-state index in [1.165, 1.54) is 0 Å². The van der Waals surface area contributed by atoms with Gasteiger partial charge in [-0.3, -0.25) is 0 Å². The molecule has 5 atom stereocenters. The summed E-state index contributed by atoms with van der Waals surface area (Å²) in [5, 5.41) is 10.0. The van der Waals surface area contributed by atoms with Gasteiger partial charge in [-0.05, 0) is 16.7 Å². The van der Waals surface area contributed by atoms with Crippen LogP contribution >= 0.6 is 0 Å². The van der Waals surface area contributed by atoms with Crippen molar-refractivity contribution in [2.24, 2.45) is 0 Å². The van der Waals surface area contributed by atoms with Crippen LogP contribution in [0.1, 0.15) is 16.7 Å². The molecule has 3 aromatic carbocycles. The molecule has 0 aliphatic carbocycles. The predicted molar refractivity (Wildman–Crippen MR) is 128 cm³/mol. The number of ether oxygens (including phenoxy) is 5. The van der Waals surface area contributed by atoms with Gasteiger partial charge in [-0.25, -0.2) is 0 Å². The zero-order valence-corrected chi connectivity index (χ0v) is 19.4. The van der Waals surface area contributed by atoms with Crippen LogP contribution in [0.4, 0.5) is 0 Å². The lowest BCUT2D eigenvalue weighted by Crippen LogP contribution is -2.61. The topological polar surface area (TPSA) is 66.4 Å². The van der Waals surface area contributed by atoms with Gasteiger partial charge in [-0.2, -0.15) is 0 Å². The third-order valence-corrected chi connectivity index (χ3v) is 5.87. The molecule has 1 saturated heterocycles. The van der Waals surface area contributed by atoms with E-state index < -0.39 is 30.7 Å². The molecule has 3 aromatic rings. The van der Waals surface area contributed by atoms with Gasteiger partial charge < -0.3 is 28.8 Å². The van der Waals surface area contributed by atoms with Crippen LogP contribution < -0.4 is 0 Å². The monoisotopic (exact) mass is 464 g/mol. The molecule has 1 heterocycles. The Morgan fingerprint density at radius 2 is 1.06 bits per heavy atom. The van der Waals surface area contributed by atoms with E-state index in [0.717, 1.165) is 16.7 Å². The van der Waals surface area contributed by atoms with Crippen molar-refractivity contribution in [1.29, 1.82) is 0 Å². The average molecular weight is 465 g/mol. The van der Waals surface area contributed by atoms with Crippen molar-refractivity contribution in [2.45, 2.75) is 50.5 Å². The van der Waals surface area contributed by atoms with Gasteiger partial charge in [-0.1, -0.05) is 91.0 Å². The summed E-state index contributed by atoms with van der Waals surface area (Å²) in [7, 11) is 1.59. The fraction of sp³-hybridized carbons (Fsp3) is 0.357. The van der Waals surface area contributed by atoms with Crippen LogP contribution in [0.25, 0.3) is 0 Å². The number of aliphatic hydroxyl groups excluding tert-OH is 1. The highest BCUT2D eigenvalue weighted by atomic mass is 16.7. The summed E-state index contributed by atoms with van der Waals surface area (Å²) >= 11 is 0. The van der Waals surface area contributed by atoms with E-state index >= 15 is 0 Å². The molecule has 0 bridgehead atoms. The fourth-order valence-corrected chi connectivity index (χ4v) is 4.10. The summed E-state index contributed by atoms with van der Waals surface area (Å²) < 4.78 is 30.8. The van der Waals surface area contributed by atoms with Gasteiger partial charge in [0, 0.05) is 7.11 Å². The molecule has 1 fully saturated rings. The highest BCUT2D eigenvalue weighted by molar-refractivity contribution is 5.15. The van der Waals surface area contributed by atoms with Crippen molar-refractivity contribution in [3.05, 3.63) is 108 Å². The third-order valence-electron chi connectivity index (χ3n) is 5.87. The Kier molecular flexibility index (Phi) is 9.21. The zero-order chi connectivity index (χ0) is 23.6. The number of benzene rings is 3. The Labute approximate surface area is 201 Å². The molecule has 4 rings (SSSR count). The normalized spacial score (nSPS) is 24.7. The molecule has 0 saturated carbocycles. The van der Waals surface area contributed by atoms with Crippen molar-refractivity contribution < 1.29 is 28.8 Å². The van der Waals surface area contributed by atoms with Crippen LogP contribution in [0.5, 0.6) is 0 Å². The third kappa shape index (κ3) is 6.51. The minimum absolute atomic E-state index is 0.222. The number of hydrogen-bond donors (Lipinski definition) is 1. The minimum Gasteiger partial charge on any atom is -0.394 e. The highest BCUT2D eigenvalue weighted by Gasteiger charge is 2.48. The molecule has 180 valence electrons. The summed E-state index contributed by atoms with van der Waals surface area (Å²) in [6.07, 6.45) is -2.96. The maximum absolute atomic E-state index is 10.0. The molecule has 6 heteroatoms. The zero-order valence-electron chi connectivity index (χ0n) is 19.4. The standard InChI is InChI=1S/C28H32O6/c1-30-25-24(17-29)34-28(33-20-23-15-9-4-10-16-23)27(32-19-22-13-7-3-8-14-22)26(25)31-18-21-11-5-2-6-12-21/h2-16,24-29H,17-20H2,1H3/t24-,25?,26+,27-,28-/m1/s1. The van der Waals surface area contributed by atoms with Gasteiger partial charge in [0.25, 0.3) is 0 Å². The first-order valence-corrected chi connectivity index (χ1v) is 11.5. The van der Waals surface area contributed by atoms with Crippen molar-refractivity contribution in [3.63, 3.8) is 0 Å². The molecule has 6 nitrogen and oxygen atoms in total. The first kappa shape index (κ1) is 24.5. The molecule has 0 amide bonds. The Bertz CT molecular complexity index is 952. The molecular formula is C28H32O6. The van der Waals surface area contributed by atoms with E-state index in [9.17, 15) is 5.11 Å². The summed E-state index contributed by atoms with van der Waals surface area (Å²) in [4.78, 5) is 0. The Hall–Kier alpha value is -2.58. The fourth-order valence-electron chi connectivity index (χ4n) is 4.10. The second kappa shape index (κ2) is 12.8. The molecular weight excluding hydrogens is 432 g/mol. The van der Waals surface area contributed by atoms with Crippen molar-refractivity contribution in [2.75, 3.05) is 13.7 Å². The molecule has 1 unspecified atom stereocenters. The molecule has 1 N–H and O–H groups in total. The smallest absolute Gasteiger partial charge is 0.187 e. The van der Waals surface area contributed by atoms with Crippen molar-refractivity contribution in [1.82, 2.24) is 0 Å². The summed E-state index contributed by atoms with van der Waals surface area (Å²) in [5.41, 5.74) is 3.08. The second-order valence-corrected chi connectivity index (χ2v) is 8.24. The summed E-state index contributed by atoms with van der Waals surface area (Å²) in [6, 6.07) is 29.7. The van der Waals surface area contributed by atoms with Crippen molar-refractivity contribution >= 4 is 0 Å². The van der Waals surface area contributed by atoms with Crippen molar-refractivity contribution in [3.8, 4) is 0 Å². The van der Waals surface area contributed by atoms with Gasteiger partial charge in [0.15, 0.2) is 6.29 Å². The van der Waals surface area contributed by atoms with Gasteiger partial charge >= 0.3 is 0 Å². The maximum Gasteiger partial charge on any atom is 0.187 e. The largest absolute Gasteiger partial charge is 0.394 e. The summed E-state index contributed by atoms with van der Waals surface area (Å²) in [6.45, 7) is 0.865. The van der Waals surface area contributed by atoms with E-state index in [1.807, 2.05) is 91.0 Å². The molecule has 0 spiro atoms.